The molecule has 1 aliphatic rings. The number of phenols is 1. The Bertz CT molecular complexity index is 945. The van der Waals surface area contributed by atoms with Gasteiger partial charge in [0.05, 0.1) is 12.7 Å². The number of aromatic hydroxyl groups is 1. The minimum Gasteiger partial charge on any atom is -0.507 e. The molecule has 0 aromatic heterocycles. The van der Waals surface area contributed by atoms with E-state index in [-0.39, 0.29) is 17.7 Å². The van der Waals surface area contributed by atoms with Gasteiger partial charge in [-0.3, -0.25) is 4.79 Å². The highest BCUT2D eigenvalue weighted by atomic mass is 16.5. The second-order valence-electron chi connectivity index (χ2n) is 8.07. The summed E-state index contributed by atoms with van der Waals surface area (Å²) in [5.74, 6) is 0.306. The third kappa shape index (κ3) is 5.98. The molecule has 2 aromatic carbocycles. The summed E-state index contributed by atoms with van der Waals surface area (Å²) in [5.41, 5.74) is 3.58. The highest BCUT2D eigenvalue weighted by Gasteiger charge is 2.24. The third-order valence-electron chi connectivity index (χ3n) is 5.57. The molecule has 0 unspecified atom stereocenters. The second-order valence-corrected chi connectivity index (χ2v) is 8.07. The van der Waals surface area contributed by atoms with E-state index in [2.05, 4.69) is 17.2 Å². The molecule has 3 rings (SSSR count). The molecule has 1 aliphatic heterocycles. The number of carbonyl (C=O) groups excluding carboxylic acids is 1. The van der Waals surface area contributed by atoms with Crippen LogP contribution >= 0.6 is 0 Å². The van der Waals surface area contributed by atoms with Crippen LogP contribution in [0.3, 0.4) is 0 Å². The van der Waals surface area contributed by atoms with Gasteiger partial charge in [-0.2, -0.15) is 0 Å². The average molecular weight is 421 g/mol. The van der Waals surface area contributed by atoms with Gasteiger partial charge < -0.3 is 20.5 Å². The summed E-state index contributed by atoms with van der Waals surface area (Å²) in [4.78, 5) is 13.3. The van der Waals surface area contributed by atoms with Gasteiger partial charge in [-0.05, 0) is 62.9 Å². The van der Waals surface area contributed by atoms with Gasteiger partial charge in [0.15, 0.2) is 0 Å². The van der Waals surface area contributed by atoms with Crippen LogP contribution in [0.5, 0.6) is 11.5 Å². The number of piperidine rings is 1. The smallest absolute Gasteiger partial charge is 0.255 e. The number of allylic oxidation sites excluding steroid dienone is 1. The van der Waals surface area contributed by atoms with Crippen molar-refractivity contribution in [3.63, 3.8) is 0 Å². The average Bonchev–Trinajstić information content (AvgIpc) is 2.77. The van der Waals surface area contributed by atoms with Crippen molar-refractivity contribution in [3.05, 3.63) is 70.8 Å². The lowest BCUT2D eigenvalue weighted by Gasteiger charge is -2.25. The van der Waals surface area contributed by atoms with E-state index >= 15 is 0 Å². The lowest BCUT2D eigenvalue weighted by molar-refractivity contribution is 0.0926. The van der Waals surface area contributed by atoms with Gasteiger partial charge in [-0.15, -0.1) is 6.58 Å². The van der Waals surface area contributed by atoms with Gasteiger partial charge >= 0.3 is 0 Å². The van der Waals surface area contributed by atoms with Gasteiger partial charge in [0.1, 0.15) is 11.5 Å². The Morgan fingerprint density at radius 1 is 1.26 bits per heavy atom. The number of carbonyl (C=O) groups is 1. The lowest BCUT2D eigenvalue weighted by Crippen LogP contribution is -2.42. The molecule has 0 saturated carbocycles. The molecule has 5 nitrogen and oxygen atoms in total. The highest BCUT2D eigenvalue weighted by Crippen LogP contribution is 2.37. The van der Waals surface area contributed by atoms with Crippen LogP contribution in [0, 0.1) is 0 Å². The number of rotatable bonds is 8. The van der Waals surface area contributed by atoms with Gasteiger partial charge in [-0.25, -0.2) is 0 Å². The number of amides is 1. The van der Waals surface area contributed by atoms with Gasteiger partial charge in [-0.1, -0.05) is 48.1 Å². The van der Waals surface area contributed by atoms with E-state index < -0.39 is 0 Å². The van der Waals surface area contributed by atoms with Crippen LogP contribution < -0.4 is 15.4 Å². The molecule has 5 heteroatoms. The monoisotopic (exact) mass is 420 g/mol. The summed E-state index contributed by atoms with van der Waals surface area (Å²) in [6.07, 6.45) is 6.81. The fraction of sp³-hybridized carbons (Fsp3) is 0.346. The van der Waals surface area contributed by atoms with Gasteiger partial charge in [0, 0.05) is 11.6 Å². The predicted molar refractivity (Wildman–Crippen MR) is 127 cm³/mol. The van der Waals surface area contributed by atoms with Gasteiger partial charge in [0.25, 0.3) is 5.91 Å². The minimum absolute atomic E-state index is 0.0141. The first-order chi connectivity index (χ1) is 15.0. The summed E-state index contributed by atoms with van der Waals surface area (Å²) in [6, 6.07) is 11.8. The van der Waals surface area contributed by atoms with Crippen molar-refractivity contribution < 1.29 is 14.6 Å². The van der Waals surface area contributed by atoms with Gasteiger partial charge in [0.2, 0.25) is 0 Å². The number of hydrogen-bond acceptors (Lipinski definition) is 4. The van der Waals surface area contributed by atoms with E-state index in [0.29, 0.717) is 35.3 Å². The number of nitrogens with one attached hydrogen (secondary N) is 2. The summed E-state index contributed by atoms with van der Waals surface area (Å²) in [7, 11) is 1.58. The number of benzene rings is 2. The van der Waals surface area contributed by atoms with E-state index in [1.54, 1.807) is 7.11 Å². The highest BCUT2D eigenvalue weighted by molar-refractivity contribution is 6.02. The minimum atomic E-state index is -0.253. The predicted octanol–water partition coefficient (Wildman–Crippen LogP) is 4.56. The Balaban J connectivity index is 2.01. The van der Waals surface area contributed by atoms with E-state index in [1.807, 2.05) is 55.5 Å². The van der Waals surface area contributed by atoms with Crippen molar-refractivity contribution >= 4 is 18.1 Å². The first-order valence-electron chi connectivity index (χ1n) is 10.8. The van der Waals surface area contributed by atoms with Crippen molar-refractivity contribution in [3.8, 4) is 11.5 Å². The van der Waals surface area contributed by atoms with E-state index in [1.165, 1.54) is 0 Å². The lowest BCUT2D eigenvalue weighted by atomic mass is 9.95. The summed E-state index contributed by atoms with van der Waals surface area (Å²) in [6.45, 7) is 7.66. The number of hydrogen-bond donors (Lipinski definition) is 3. The van der Waals surface area contributed by atoms with Crippen LogP contribution in [0.1, 0.15) is 53.2 Å². The Labute approximate surface area is 184 Å². The number of methoxy groups -OCH3 is 1. The van der Waals surface area contributed by atoms with Crippen molar-refractivity contribution in [1.29, 1.82) is 0 Å². The summed E-state index contributed by atoms with van der Waals surface area (Å²) in [5, 5.41) is 17.6. The first kappa shape index (κ1) is 22.6. The third-order valence-corrected chi connectivity index (χ3v) is 5.57. The molecule has 0 atom stereocenters. The van der Waals surface area contributed by atoms with Crippen molar-refractivity contribution in [1.82, 2.24) is 10.6 Å². The number of ether oxygens (including phenoxy) is 1. The van der Waals surface area contributed by atoms with Crippen LogP contribution in [-0.4, -0.2) is 37.3 Å². The molecule has 0 aliphatic carbocycles. The normalized spacial score (nSPS) is 14.5. The standard InChI is InChI=1S/C26H32N2O3/c1-18(2)9-12-22-23(31-3)17-20(11-10-19-7-5-4-6-8-19)24(25(22)29)26(30)28-21-13-15-27-16-14-21/h4-8,10-11,17,21,27,29H,1,9,12-16H2,2-3H3,(H,28,30). The molecule has 0 radical (unpaired) electrons. The topological polar surface area (TPSA) is 70.6 Å². The molecule has 1 heterocycles. The van der Waals surface area contributed by atoms with Crippen molar-refractivity contribution in [2.45, 2.75) is 38.6 Å². The van der Waals surface area contributed by atoms with E-state index in [9.17, 15) is 9.90 Å². The maximum absolute atomic E-state index is 13.3. The van der Waals surface area contributed by atoms with Crippen molar-refractivity contribution in [2.75, 3.05) is 20.2 Å². The molecule has 0 spiro atoms. The van der Waals surface area contributed by atoms with Crippen LogP contribution in [0.4, 0.5) is 0 Å². The molecule has 1 fully saturated rings. The van der Waals surface area contributed by atoms with Crippen LogP contribution in [-0.2, 0) is 6.42 Å². The van der Waals surface area contributed by atoms with Crippen LogP contribution in [0.15, 0.2) is 48.6 Å². The second kappa shape index (κ2) is 10.8. The molecule has 164 valence electrons. The molecule has 2 aromatic rings. The van der Waals surface area contributed by atoms with E-state index in [0.717, 1.165) is 37.1 Å². The maximum Gasteiger partial charge on any atom is 0.255 e. The molecule has 31 heavy (non-hydrogen) atoms. The fourth-order valence-electron chi connectivity index (χ4n) is 3.81. The summed E-state index contributed by atoms with van der Waals surface area (Å²) < 4.78 is 5.57. The maximum atomic E-state index is 13.3. The molecular weight excluding hydrogens is 388 g/mol. The Hall–Kier alpha value is -3.05. The Kier molecular flexibility index (Phi) is 7.90. The molecule has 3 N–H and O–H groups in total. The number of phenolic OH excluding ortho intramolecular Hbond substituents is 1. The summed E-state index contributed by atoms with van der Waals surface area (Å²) >= 11 is 0. The fourth-order valence-corrected chi connectivity index (χ4v) is 3.81. The largest absolute Gasteiger partial charge is 0.507 e. The molecular formula is C26H32N2O3. The zero-order valence-corrected chi connectivity index (χ0v) is 18.4. The zero-order valence-electron chi connectivity index (χ0n) is 18.4. The Morgan fingerprint density at radius 3 is 2.61 bits per heavy atom. The SMILES string of the molecule is C=C(C)CCc1c(OC)cc(C=Cc2ccccc2)c(C(=O)NC2CCNCC2)c1O. The molecule has 0 bridgehead atoms. The quantitative estimate of drug-likeness (QED) is 0.432. The molecule has 1 amide bonds. The van der Waals surface area contributed by atoms with Crippen molar-refractivity contribution in [2.24, 2.45) is 0 Å². The molecule has 1 saturated heterocycles. The van der Waals surface area contributed by atoms with E-state index in [4.69, 9.17) is 4.74 Å². The Morgan fingerprint density at radius 2 is 1.97 bits per heavy atom. The first-order valence-corrected chi connectivity index (χ1v) is 10.8. The zero-order chi connectivity index (χ0) is 22.2. The van der Waals surface area contributed by atoms with Crippen LogP contribution in [0.25, 0.3) is 12.2 Å². The van der Waals surface area contributed by atoms with Crippen LogP contribution in [0.2, 0.25) is 0 Å².